The first-order valence-electron chi connectivity index (χ1n) is 14.8. The lowest BCUT2D eigenvalue weighted by Crippen LogP contribution is -2.56. The molecule has 0 saturated carbocycles. The number of carbonyl (C=O) groups is 3. The van der Waals surface area contributed by atoms with Crippen molar-refractivity contribution in [3.63, 3.8) is 0 Å². The van der Waals surface area contributed by atoms with E-state index in [1.54, 1.807) is 6.92 Å². The van der Waals surface area contributed by atoms with E-state index in [1.165, 1.54) is 5.01 Å². The fourth-order valence-electron chi connectivity index (χ4n) is 4.79. The number of ether oxygens (including phenoxy) is 1. The molecule has 1 unspecified atom stereocenters. The van der Waals surface area contributed by atoms with Crippen LogP contribution in [-0.2, 0) is 24.0 Å². The molecule has 0 bridgehead atoms. The number of hydroxylamine groups is 1. The zero-order valence-electron chi connectivity index (χ0n) is 24.9. The van der Waals surface area contributed by atoms with Gasteiger partial charge in [0, 0.05) is 19.6 Å². The zero-order chi connectivity index (χ0) is 29.5. The lowest BCUT2D eigenvalue weighted by molar-refractivity contribution is -0.203. The van der Waals surface area contributed by atoms with Crippen LogP contribution in [0.4, 0.5) is 0 Å². The van der Waals surface area contributed by atoms with Gasteiger partial charge in [-0.05, 0) is 50.0 Å². The Morgan fingerprint density at radius 1 is 1.07 bits per heavy atom. The Kier molecular flexibility index (Phi) is 14.9. The molecule has 4 atom stereocenters. The highest BCUT2D eigenvalue weighted by atomic mass is 16.8. The van der Waals surface area contributed by atoms with Gasteiger partial charge < -0.3 is 10.5 Å². The summed E-state index contributed by atoms with van der Waals surface area (Å²) < 4.78 is 5.59. The maximum atomic E-state index is 13.8. The number of nitrogens with zero attached hydrogens (tertiary/aromatic N) is 1. The summed E-state index contributed by atoms with van der Waals surface area (Å²) in [5, 5.41) is 1.35. The minimum absolute atomic E-state index is 0.128. The summed E-state index contributed by atoms with van der Waals surface area (Å²) in [5.74, 6) is -2.22. The van der Waals surface area contributed by atoms with E-state index in [2.05, 4.69) is 24.8 Å². The molecule has 2 rings (SSSR count). The Labute approximate surface area is 240 Å². The van der Waals surface area contributed by atoms with Crippen LogP contribution in [0.25, 0.3) is 6.08 Å². The van der Waals surface area contributed by atoms with Gasteiger partial charge in [0.15, 0.2) is 6.29 Å². The minimum Gasteiger partial charge on any atom is -0.350 e. The van der Waals surface area contributed by atoms with Gasteiger partial charge in [0.05, 0.1) is 17.9 Å². The summed E-state index contributed by atoms with van der Waals surface area (Å²) in [6, 6.07) is 9.01. The Balaban J connectivity index is 2.30. The SMILES string of the molecule is CCC(CC)CN(NC(=O)[C@H](CC(C)C)[C@H](C/C=C/c1ccccc1)C(=O)NOC1CCCCO1)C(=O)[C@@H](C)N. The number of hydrazine groups is 1. The van der Waals surface area contributed by atoms with Crippen molar-refractivity contribution in [2.45, 2.75) is 91.9 Å². The summed E-state index contributed by atoms with van der Waals surface area (Å²) in [6.07, 6.45) is 8.45. The van der Waals surface area contributed by atoms with E-state index >= 15 is 0 Å². The Morgan fingerprint density at radius 3 is 2.35 bits per heavy atom. The van der Waals surface area contributed by atoms with E-state index in [9.17, 15) is 14.4 Å². The monoisotopic (exact) mass is 558 g/mol. The molecule has 1 aromatic carbocycles. The molecular formula is C31H50N4O5. The van der Waals surface area contributed by atoms with Crippen molar-refractivity contribution in [3.05, 3.63) is 42.0 Å². The molecule has 4 N–H and O–H groups in total. The number of nitrogens with two attached hydrogens (primary N) is 1. The second-order valence-electron chi connectivity index (χ2n) is 11.2. The molecule has 0 aliphatic carbocycles. The number of allylic oxidation sites excluding steroid dienone is 1. The van der Waals surface area contributed by atoms with Gasteiger partial charge in [-0.25, -0.2) is 10.3 Å². The second kappa shape index (κ2) is 17.8. The molecule has 40 heavy (non-hydrogen) atoms. The van der Waals surface area contributed by atoms with E-state index in [0.29, 0.717) is 32.4 Å². The van der Waals surface area contributed by atoms with Crippen LogP contribution in [0.2, 0.25) is 0 Å². The summed E-state index contributed by atoms with van der Waals surface area (Å²) in [7, 11) is 0. The summed E-state index contributed by atoms with van der Waals surface area (Å²) >= 11 is 0. The van der Waals surface area contributed by atoms with Crippen molar-refractivity contribution in [2.24, 2.45) is 29.4 Å². The van der Waals surface area contributed by atoms with E-state index in [4.69, 9.17) is 15.3 Å². The Bertz CT molecular complexity index is 927. The molecule has 1 fully saturated rings. The van der Waals surface area contributed by atoms with Crippen molar-refractivity contribution in [1.82, 2.24) is 15.9 Å². The predicted octanol–water partition coefficient (Wildman–Crippen LogP) is 4.59. The van der Waals surface area contributed by atoms with Crippen molar-refractivity contribution < 1.29 is 24.0 Å². The normalized spacial score (nSPS) is 17.9. The molecule has 0 radical (unpaired) electrons. The first kappa shape index (κ1) is 33.5. The number of hydrogen-bond acceptors (Lipinski definition) is 6. The zero-order valence-corrected chi connectivity index (χ0v) is 24.9. The van der Waals surface area contributed by atoms with Crippen molar-refractivity contribution in [2.75, 3.05) is 13.2 Å². The fourth-order valence-corrected chi connectivity index (χ4v) is 4.79. The van der Waals surface area contributed by atoms with Crippen LogP contribution in [0.5, 0.6) is 0 Å². The molecular weight excluding hydrogens is 508 g/mol. The standard InChI is InChI=1S/C31H50N4O5/c1-6-24(7-2)21-35(31(38)23(5)32)33-29(36)27(20-22(3)4)26(17-13-16-25-14-9-8-10-15-25)30(37)34-40-28-18-11-12-19-39-28/h8-10,13-16,22-24,26-28H,6-7,11-12,17-21,32H2,1-5H3,(H,33,36)(H,34,37)/b16-13+/t23-,26+,27-,28?/m1/s1. The maximum Gasteiger partial charge on any atom is 0.257 e. The number of benzene rings is 1. The molecule has 0 spiro atoms. The van der Waals surface area contributed by atoms with Gasteiger partial charge in [-0.3, -0.25) is 24.8 Å². The van der Waals surface area contributed by atoms with Crippen LogP contribution in [0.15, 0.2) is 36.4 Å². The molecule has 1 heterocycles. The average Bonchev–Trinajstić information content (AvgIpc) is 2.95. The maximum absolute atomic E-state index is 13.8. The summed E-state index contributed by atoms with van der Waals surface area (Å²) in [5.41, 5.74) is 12.3. The van der Waals surface area contributed by atoms with Crippen LogP contribution in [0.1, 0.15) is 85.1 Å². The van der Waals surface area contributed by atoms with E-state index in [-0.39, 0.29) is 23.7 Å². The van der Waals surface area contributed by atoms with Crippen LogP contribution >= 0.6 is 0 Å². The van der Waals surface area contributed by atoms with Crippen molar-refractivity contribution in [1.29, 1.82) is 0 Å². The van der Waals surface area contributed by atoms with Crippen LogP contribution in [0, 0.1) is 23.7 Å². The minimum atomic E-state index is -0.769. The lowest BCUT2D eigenvalue weighted by Gasteiger charge is -2.32. The largest absolute Gasteiger partial charge is 0.350 e. The number of carbonyl (C=O) groups excluding carboxylic acids is 3. The van der Waals surface area contributed by atoms with Crippen LogP contribution in [0.3, 0.4) is 0 Å². The molecule has 3 amide bonds. The van der Waals surface area contributed by atoms with Crippen molar-refractivity contribution in [3.8, 4) is 0 Å². The average molecular weight is 559 g/mol. The van der Waals surface area contributed by atoms with Crippen LogP contribution < -0.4 is 16.6 Å². The number of amides is 3. The number of nitrogens with one attached hydrogen (secondary N) is 2. The molecule has 1 aliphatic heterocycles. The molecule has 1 aliphatic rings. The van der Waals surface area contributed by atoms with Gasteiger partial charge in [-0.2, -0.15) is 0 Å². The third-order valence-corrected chi connectivity index (χ3v) is 7.31. The van der Waals surface area contributed by atoms with Gasteiger partial charge in [-0.15, -0.1) is 0 Å². The van der Waals surface area contributed by atoms with Crippen LogP contribution in [-0.4, -0.2) is 48.2 Å². The summed E-state index contributed by atoms with van der Waals surface area (Å²) in [6.45, 7) is 10.7. The van der Waals surface area contributed by atoms with Gasteiger partial charge in [-0.1, -0.05) is 83.0 Å². The molecule has 9 nitrogen and oxygen atoms in total. The lowest BCUT2D eigenvalue weighted by atomic mass is 9.82. The fraction of sp³-hybridized carbons (Fsp3) is 0.645. The molecule has 1 saturated heterocycles. The number of rotatable bonds is 15. The Hall–Kier alpha value is -2.75. The first-order valence-corrected chi connectivity index (χ1v) is 14.8. The van der Waals surface area contributed by atoms with E-state index in [0.717, 1.165) is 31.2 Å². The highest BCUT2D eigenvalue weighted by Crippen LogP contribution is 2.26. The van der Waals surface area contributed by atoms with Gasteiger partial charge in [0.1, 0.15) is 0 Å². The van der Waals surface area contributed by atoms with E-state index in [1.807, 2.05) is 56.3 Å². The smallest absolute Gasteiger partial charge is 0.257 e. The topological polar surface area (TPSA) is 123 Å². The molecule has 1 aromatic rings. The number of hydrogen-bond donors (Lipinski definition) is 3. The molecule has 224 valence electrons. The Morgan fingerprint density at radius 2 is 1.77 bits per heavy atom. The van der Waals surface area contributed by atoms with E-state index < -0.39 is 30.1 Å². The third-order valence-electron chi connectivity index (χ3n) is 7.31. The quantitative estimate of drug-likeness (QED) is 0.271. The second-order valence-corrected chi connectivity index (χ2v) is 11.2. The van der Waals surface area contributed by atoms with Gasteiger partial charge in [0.25, 0.3) is 5.91 Å². The van der Waals surface area contributed by atoms with Gasteiger partial charge >= 0.3 is 0 Å². The third kappa shape index (κ3) is 11.4. The highest BCUT2D eigenvalue weighted by Gasteiger charge is 2.36. The molecule has 0 aromatic heterocycles. The molecule has 9 heteroatoms. The first-order chi connectivity index (χ1) is 19.2. The van der Waals surface area contributed by atoms with Crippen molar-refractivity contribution >= 4 is 23.8 Å². The predicted molar refractivity (Wildman–Crippen MR) is 157 cm³/mol. The summed E-state index contributed by atoms with van der Waals surface area (Å²) in [4.78, 5) is 46.0. The van der Waals surface area contributed by atoms with Gasteiger partial charge in [0.2, 0.25) is 11.8 Å². The highest BCUT2D eigenvalue weighted by molar-refractivity contribution is 5.89.